The lowest BCUT2D eigenvalue weighted by Crippen LogP contribution is -2.34. The van der Waals surface area contributed by atoms with Crippen molar-refractivity contribution in [1.82, 2.24) is 9.88 Å². The first-order valence-electron chi connectivity index (χ1n) is 5.21. The zero-order valence-corrected chi connectivity index (χ0v) is 9.91. The number of pyridine rings is 1. The molecule has 0 bridgehead atoms. The van der Waals surface area contributed by atoms with E-state index in [4.69, 9.17) is 11.6 Å². The van der Waals surface area contributed by atoms with E-state index in [1.165, 1.54) is 6.42 Å². The molecule has 0 amide bonds. The number of rotatable bonds is 2. The van der Waals surface area contributed by atoms with Gasteiger partial charge in [-0.15, -0.1) is 0 Å². The predicted octanol–water partition coefficient (Wildman–Crippen LogP) is 1.88. The van der Waals surface area contributed by atoms with Crippen molar-refractivity contribution in [3.05, 3.63) is 23.4 Å². The number of nitrogens with zero attached hydrogens (tertiary/aromatic N) is 3. The molecule has 3 nitrogen and oxygen atoms in total. The molecule has 1 fully saturated rings. The summed E-state index contributed by atoms with van der Waals surface area (Å²) in [6, 6.07) is 6.31. The second-order valence-electron chi connectivity index (χ2n) is 4.13. The fraction of sp³-hybridized carbons (Fsp3) is 0.545. The molecule has 1 aliphatic heterocycles. The molecule has 4 heteroatoms. The zero-order valence-electron chi connectivity index (χ0n) is 9.15. The largest absolute Gasteiger partial charge is 0.355 e. The molecule has 0 N–H and O–H groups in total. The van der Waals surface area contributed by atoms with Crippen LogP contribution in [-0.2, 0) is 0 Å². The quantitative estimate of drug-likeness (QED) is 0.717. The number of likely N-dealkylation sites (tertiary alicyclic amines) is 1. The summed E-state index contributed by atoms with van der Waals surface area (Å²) in [5.41, 5.74) is 0. The van der Waals surface area contributed by atoms with Crippen LogP contribution < -0.4 is 4.90 Å². The van der Waals surface area contributed by atoms with E-state index in [0.29, 0.717) is 11.2 Å². The van der Waals surface area contributed by atoms with E-state index in [9.17, 15) is 0 Å². The van der Waals surface area contributed by atoms with Crippen molar-refractivity contribution in [2.45, 2.75) is 12.5 Å². The predicted molar refractivity (Wildman–Crippen MR) is 63.6 cm³/mol. The highest BCUT2D eigenvalue weighted by Crippen LogP contribution is 2.20. The average molecular weight is 226 g/mol. The molecule has 2 rings (SSSR count). The molecule has 82 valence electrons. The normalized spacial score (nSPS) is 21.9. The molecule has 1 aromatic rings. The average Bonchev–Trinajstić information content (AvgIpc) is 2.64. The fourth-order valence-corrected chi connectivity index (χ4v) is 2.17. The first-order chi connectivity index (χ1) is 7.16. The summed E-state index contributed by atoms with van der Waals surface area (Å²) in [7, 11) is 4.24. The molecule has 2 heterocycles. The minimum absolute atomic E-state index is 0.556. The summed E-state index contributed by atoms with van der Waals surface area (Å²) >= 11 is 5.88. The van der Waals surface area contributed by atoms with Gasteiger partial charge in [0, 0.05) is 19.6 Å². The molecule has 0 aromatic carbocycles. The molecule has 1 atom stereocenters. The zero-order chi connectivity index (χ0) is 10.8. The Morgan fingerprint density at radius 3 is 2.93 bits per heavy atom. The highest BCUT2D eigenvalue weighted by atomic mass is 35.5. The second-order valence-corrected chi connectivity index (χ2v) is 4.52. The van der Waals surface area contributed by atoms with Crippen molar-refractivity contribution < 1.29 is 0 Å². The maximum absolute atomic E-state index is 5.88. The van der Waals surface area contributed by atoms with Crippen molar-refractivity contribution in [3.63, 3.8) is 0 Å². The van der Waals surface area contributed by atoms with Crippen molar-refractivity contribution in [2.75, 3.05) is 32.1 Å². The van der Waals surface area contributed by atoms with Gasteiger partial charge in [0.25, 0.3) is 0 Å². The first kappa shape index (κ1) is 10.7. The molecule has 1 unspecified atom stereocenters. The maximum atomic E-state index is 5.88. The Bertz CT molecular complexity index is 342. The van der Waals surface area contributed by atoms with Crippen molar-refractivity contribution in [2.24, 2.45) is 0 Å². The van der Waals surface area contributed by atoms with E-state index in [1.807, 2.05) is 12.1 Å². The standard InChI is InChI=1S/C11H16ClN3/c1-14-7-6-9(8-14)15(2)11-5-3-4-10(12)13-11/h3-5,9H,6-8H2,1-2H3. The van der Waals surface area contributed by atoms with Crippen LogP contribution in [0.4, 0.5) is 5.82 Å². The van der Waals surface area contributed by atoms with Crippen LogP contribution in [0.3, 0.4) is 0 Å². The Morgan fingerprint density at radius 1 is 1.53 bits per heavy atom. The molecular formula is C11H16ClN3. The van der Waals surface area contributed by atoms with E-state index >= 15 is 0 Å². The Morgan fingerprint density at radius 2 is 2.33 bits per heavy atom. The summed E-state index contributed by atoms with van der Waals surface area (Å²) in [6.45, 7) is 2.26. The van der Waals surface area contributed by atoms with Crippen molar-refractivity contribution >= 4 is 17.4 Å². The lowest BCUT2D eigenvalue weighted by Gasteiger charge is -2.25. The van der Waals surface area contributed by atoms with E-state index in [0.717, 1.165) is 18.9 Å². The van der Waals surface area contributed by atoms with Crippen LogP contribution in [0, 0.1) is 0 Å². The lowest BCUT2D eigenvalue weighted by atomic mass is 10.2. The number of halogens is 1. The van der Waals surface area contributed by atoms with Crippen molar-refractivity contribution in [3.8, 4) is 0 Å². The Balaban J connectivity index is 2.10. The second kappa shape index (κ2) is 4.37. The third kappa shape index (κ3) is 2.41. The highest BCUT2D eigenvalue weighted by molar-refractivity contribution is 6.29. The molecule has 0 saturated carbocycles. The number of hydrogen-bond acceptors (Lipinski definition) is 3. The van der Waals surface area contributed by atoms with Gasteiger partial charge < -0.3 is 9.80 Å². The van der Waals surface area contributed by atoms with Gasteiger partial charge in [0.15, 0.2) is 0 Å². The number of likely N-dealkylation sites (N-methyl/N-ethyl adjacent to an activating group) is 2. The minimum Gasteiger partial charge on any atom is -0.355 e. The van der Waals surface area contributed by atoms with Crippen LogP contribution in [-0.4, -0.2) is 43.1 Å². The fourth-order valence-electron chi connectivity index (χ4n) is 2.01. The van der Waals surface area contributed by atoms with Gasteiger partial charge in [-0.05, 0) is 32.1 Å². The van der Waals surface area contributed by atoms with E-state index < -0.39 is 0 Å². The van der Waals surface area contributed by atoms with Crippen LogP contribution >= 0.6 is 11.6 Å². The highest BCUT2D eigenvalue weighted by Gasteiger charge is 2.23. The van der Waals surface area contributed by atoms with Crippen LogP contribution in [0.25, 0.3) is 0 Å². The van der Waals surface area contributed by atoms with Crippen LogP contribution in [0.15, 0.2) is 18.2 Å². The summed E-state index contributed by atoms with van der Waals surface area (Å²) in [5, 5.41) is 0.561. The van der Waals surface area contributed by atoms with Gasteiger partial charge in [0.05, 0.1) is 0 Å². The van der Waals surface area contributed by atoms with Gasteiger partial charge in [-0.1, -0.05) is 17.7 Å². The van der Waals surface area contributed by atoms with Crippen LogP contribution in [0.2, 0.25) is 5.15 Å². The molecule has 1 saturated heterocycles. The number of aromatic nitrogens is 1. The van der Waals surface area contributed by atoms with E-state index in [2.05, 4.69) is 28.9 Å². The van der Waals surface area contributed by atoms with Crippen LogP contribution in [0.1, 0.15) is 6.42 Å². The Hall–Kier alpha value is -0.800. The van der Waals surface area contributed by atoms with Gasteiger partial charge in [-0.25, -0.2) is 4.98 Å². The topological polar surface area (TPSA) is 19.4 Å². The molecular weight excluding hydrogens is 210 g/mol. The third-order valence-corrected chi connectivity index (χ3v) is 3.19. The molecule has 1 aliphatic rings. The summed E-state index contributed by atoms with van der Waals surface area (Å²) < 4.78 is 0. The van der Waals surface area contributed by atoms with Crippen LogP contribution in [0.5, 0.6) is 0 Å². The first-order valence-corrected chi connectivity index (χ1v) is 5.58. The maximum Gasteiger partial charge on any atom is 0.131 e. The number of anilines is 1. The van der Waals surface area contributed by atoms with E-state index in [1.54, 1.807) is 6.07 Å². The summed E-state index contributed by atoms with van der Waals surface area (Å²) in [5.74, 6) is 0.961. The van der Waals surface area contributed by atoms with Gasteiger partial charge in [-0.3, -0.25) is 0 Å². The van der Waals surface area contributed by atoms with Crippen molar-refractivity contribution in [1.29, 1.82) is 0 Å². The smallest absolute Gasteiger partial charge is 0.131 e. The molecule has 0 spiro atoms. The number of hydrogen-bond donors (Lipinski definition) is 0. The SMILES string of the molecule is CN1CCC(N(C)c2cccc(Cl)n2)C1. The molecule has 0 aliphatic carbocycles. The lowest BCUT2D eigenvalue weighted by molar-refractivity contribution is 0.409. The van der Waals surface area contributed by atoms with Gasteiger partial charge in [0.2, 0.25) is 0 Å². The van der Waals surface area contributed by atoms with Gasteiger partial charge in [-0.2, -0.15) is 0 Å². The molecule has 0 radical (unpaired) electrons. The monoisotopic (exact) mass is 225 g/mol. The Labute approximate surface area is 95.7 Å². The molecule has 15 heavy (non-hydrogen) atoms. The third-order valence-electron chi connectivity index (χ3n) is 2.98. The summed E-state index contributed by atoms with van der Waals surface area (Å²) in [6.07, 6.45) is 1.20. The summed E-state index contributed by atoms with van der Waals surface area (Å²) in [4.78, 5) is 8.87. The van der Waals surface area contributed by atoms with Gasteiger partial charge in [0.1, 0.15) is 11.0 Å². The Kier molecular flexibility index (Phi) is 3.12. The van der Waals surface area contributed by atoms with Gasteiger partial charge >= 0.3 is 0 Å². The molecule has 1 aromatic heterocycles. The van der Waals surface area contributed by atoms with E-state index in [-0.39, 0.29) is 0 Å². The minimum atomic E-state index is 0.556.